The topological polar surface area (TPSA) is 56.0 Å². The van der Waals surface area contributed by atoms with Crippen LogP contribution in [-0.4, -0.2) is 24.8 Å². The molecule has 0 spiro atoms. The summed E-state index contributed by atoms with van der Waals surface area (Å²) in [6.07, 6.45) is 1.74. The first-order valence-corrected chi connectivity index (χ1v) is 5.43. The van der Waals surface area contributed by atoms with Crippen LogP contribution in [0.25, 0.3) is 17.0 Å². The van der Waals surface area contributed by atoms with Gasteiger partial charge in [-0.1, -0.05) is 11.6 Å². The molecule has 0 aliphatic heterocycles. The predicted molar refractivity (Wildman–Crippen MR) is 63.8 cm³/mol. The highest BCUT2D eigenvalue weighted by molar-refractivity contribution is 6.29. The van der Waals surface area contributed by atoms with Crippen LogP contribution in [0.2, 0.25) is 5.15 Å². The van der Waals surface area contributed by atoms with Crippen molar-refractivity contribution >= 4 is 17.2 Å². The zero-order valence-electron chi connectivity index (χ0n) is 9.00. The number of rotatable bonds is 1. The second kappa shape index (κ2) is 3.78. The summed E-state index contributed by atoms with van der Waals surface area (Å²) in [4.78, 5) is 4.22. The van der Waals surface area contributed by atoms with Gasteiger partial charge in [-0.3, -0.25) is 4.98 Å². The summed E-state index contributed by atoms with van der Waals surface area (Å²) in [6, 6.07) is 7.25. The number of nitrogens with zero attached hydrogens (tertiary/aromatic N) is 5. The molecular weight excluding hydrogens is 238 g/mol. The molecule has 0 N–H and O–H groups in total. The van der Waals surface area contributed by atoms with Gasteiger partial charge in [-0.25, -0.2) is 0 Å². The van der Waals surface area contributed by atoms with Crippen molar-refractivity contribution in [2.45, 2.75) is 6.92 Å². The van der Waals surface area contributed by atoms with E-state index in [1.54, 1.807) is 22.8 Å². The number of fused-ring (bicyclic) bond motifs is 1. The third-order valence-corrected chi connectivity index (χ3v) is 2.68. The van der Waals surface area contributed by atoms with Crippen LogP contribution in [0.3, 0.4) is 0 Å². The van der Waals surface area contributed by atoms with Gasteiger partial charge in [0.2, 0.25) is 0 Å². The van der Waals surface area contributed by atoms with E-state index in [4.69, 9.17) is 11.6 Å². The van der Waals surface area contributed by atoms with Crippen LogP contribution >= 0.6 is 11.6 Å². The van der Waals surface area contributed by atoms with Crippen LogP contribution < -0.4 is 0 Å². The largest absolute Gasteiger partial charge is 0.261 e. The molecule has 0 radical (unpaired) electrons. The lowest BCUT2D eigenvalue weighted by Gasteiger charge is -2.01. The van der Waals surface area contributed by atoms with E-state index in [2.05, 4.69) is 20.3 Å². The Balaban J connectivity index is 2.31. The summed E-state index contributed by atoms with van der Waals surface area (Å²) in [7, 11) is 0. The Bertz CT molecular complexity index is 691. The van der Waals surface area contributed by atoms with Crippen LogP contribution in [0.15, 0.2) is 30.5 Å². The van der Waals surface area contributed by atoms with Gasteiger partial charge in [0.1, 0.15) is 5.15 Å². The first kappa shape index (κ1) is 10.2. The maximum atomic E-state index is 5.87. The number of aromatic nitrogens is 5. The molecule has 3 heterocycles. The summed E-state index contributed by atoms with van der Waals surface area (Å²) >= 11 is 5.87. The van der Waals surface area contributed by atoms with Crippen LogP contribution in [0.1, 0.15) is 5.69 Å². The molecule has 17 heavy (non-hydrogen) atoms. The fourth-order valence-corrected chi connectivity index (χ4v) is 1.79. The van der Waals surface area contributed by atoms with Crippen molar-refractivity contribution in [3.63, 3.8) is 0 Å². The quantitative estimate of drug-likeness (QED) is 0.659. The molecule has 0 atom stereocenters. The number of hydrogen-bond acceptors (Lipinski definition) is 4. The van der Waals surface area contributed by atoms with E-state index in [0.717, 1.165) is 11.3 Å². The molecule has 0 amide bonds. The van der Waals surface area contributed by atoms with E-state index >= 15 is 0 Å². The predicted octanol–water partition coefficient (Wildman–Crippen LogP) is 2.15. The molecule has 0 fully saturated rings. The third-order valence-electron chi connectivity index (χ3n) is 2.48. The van der Waals surface area contributed by atoms with Gasteiger partial charge in [-0.2, -0.15) is 9.61 Å². The molecule has 0 saturated carbocycles. The minimum absolute atomic E-state index is 0.403. The summed E-state index contributed by atoms with van der Waals surface area (Å²) < 4.78 is 1.62. The molecule has 0 aliphatic carbocycles. The van der Waals surface area contributed by atoms with Gasteiger partial charge in [-0.05, 0) is 31.2 Å². The Kier molecular flexibility index (Phi) is 2.26. The molecule has 0 aromatic carbocycles. The fourth-order valence-electron chi connectivity index (χ4n) is 1.66. The Morgan fingerprint density at radius 2 is 2.06 bits per heavy atom. The molecule has 3 aromatic rings. The molecule has 0 bridgehead atoms. The van der Waals surface area contributed by atoms with Gasteiger partial charge < -0.3 is 0 Å². The minimum Gasteiger partial charge on any atom is -0.261 e. The van der Waals surface area contributed by atoms with Crippen molar-refractivity contribution in [2.24, 2.45) is 0 Å². The second-order valence-electron chi connectivity index (χ2n) is 3.59. The highest BCUT2D eigenvalue weighted by Crippen LogP contribution is 2.20. The first-order valence-electron chi connectivity index (χ1n) is 5.05. The number of halogens is 1. The second-order valence-corrected chi connectivity index (χ2v) is 3.97. The standard InChI is InChI=1S/C11H8ClN5/c1-7-8(3-2-6-13-7)11-15-14-10-5-4-9(12)16-17(10)11/h2-6H,1H3. The van der Waals surface area contributed by atoms with E-state index < -0.39 is 0 Å². The van der Waals surface area contributed by atoms with Crippen LogP contribution in [-0.2, 0) is 0 Å². The molecule has 3 rings (SSSR count). The van der Waals surface area contributed by atoms with E-state index in [0.29, 0.717) is 16.6 Å². The Morgan fingerprint density at radius 3 is 2.88 bits per heavy atom. The summed E-state index contributed by atoms with van der Waals surface area (Å²) in [6.45, 7) is 1.92. The van der Waals surface area contributed by atoms with Crippen molar-refractivity contribution in [3.05, 3.63) is 41.3 Å². The highest BCUT2D eigenvalue weighted by atomic mass is 35.5. The summed E-state index contributed by atoms with van der Waals surface area (Å²) in [5.74, 6) is 0.646. The van der Waals surface area contributed by atoms with Crippen LogP contribution in [0.5, 0.6) is 0 Å². The highest BCUT2D eigenvalue weighted by Gasteiger charge is 2.11. The van der Waals surface area contributed by atoms with Crippen molar-refractivity contribution in [3.8, 4) is 11.4 Å². The molecule has 5 nitrogen and oxygen atoms in total. The van der Waals surface area contributed by atoms with Gasteiger partial charge in [-0.15, -0.1) is 10.2 Å². The van der Waals surface area contributed by atoms with Gasteiger partial charge in [0.05, 0.1) is 0 Å². The molecule has 0 unspecified atom stereocenters. The average Bonchev–Trinajstić information content (AvgIpc) is 2.72. The van der Waals surface area contributed by atoms with Crippen molar-refractivity contribution in [2.75, 3.05) is 0 Å². The Labute approximate surface area is 102 Å². The van der Waals surface area contributed by atoms with Gasteiger partial charge in [0, 0.05) is 17.5 Å². The maximum absolute atomic E-state index is 5.87. The third kappa shape index (κ3) is 1.64. The van der Waals surface area contributed by atoms with Gasteiger partial charge in [0.25, 0.3) is 0 Å². The average molecular weight is 246 g/mol. The zero-order chi connectivity index (χ0) is 11.8. The Morgan fingerprint density at radius 1 is 1.18 bits per heavy atom. The van der Waals surface area contributed by atoms with Crippen LogP contribution in [0.4, 0.5) is 0 Å². The lowest BCUT2D eigenvalue weighted by molar-refractivity contribution is 0.932. The summed E-state index contributed by atoms with van der Waals surface area (Å²) in [5.41, 5.74) is 2.44. The maximum Gasteiger partial charge on any atom is 0.187 e. The number of pyridine rings is 1. The van der Waals surface area contributed by atoms with Gasteiger partial charge in [0.15, 0.2) is 11.5 Å². The summed E-state index contributed by atoms with van der Waals surface area (Å²) in [5, 5.41) is 12.7. The fraction of sp³-hybridized carbons (Fsp3) is 0.0909. The zero-order valence-corrected chi connectivity index (χ0v) is 9.76. The Hall–Kier alpha value is -2.01. The van der Waals surface area contributed by atoms with Crippen molar-refractivity contribution < 1.29 is 0 Å². The smallest absolute Gasteiger partial charge is 0.187 e. The van der Waals surface area contributed by atoms with E-state index in [1.807, 2.05) is 19.1 Å². The monoisotopic (exact) mass is 245 g/mol. The molecule has 0 aliphatic rings. The van der Waals surface area contributed by atoms with Crippen LogP contribution in [0, 0.1) is 6.92 Å². The van der Waals surface area contributed by atoms with Crippen molar-refractivity contribution in [1.29, 1.82) is 0 Å². The lowest BCUT2D eigenvalue weighted by atomic mass is 10.2. The molecule has 3 aromatic heterocycles. The molecule has 6 heteroatoms. The molecule has 84 valence electrons. The van der Waals surface area contributed by atoms with E-state index in [9.17, 15) is 0 Å². The van der Waals surface area contributed by atoms with Gasteiger partial charge >= 0.3 is 0 Å². The van der Waals surface area contributed by atoms with E-state index in [-0.39, 0.29) is 0 Å². The van der Waals surface area contributed by atoms with E-state index in [1.165, 1.54) is 0 Å². The molecule has 0 saturated heterocycles. The number of hydrogen-bond donors (Lipinski definition) is 0. The lowest BCUT2D eigenvalue weighted by Crippen LogP contribution is -1.97. The number of aryl methyl sites for hydroxylation is 1. The molecular formula is C11H8ClN5. The SMILES string of the molecule is Cc1ncccc1-c1nnc2ccc(Cl)nn12. The minimum atomic E-state index is 0.403. The van der Waals surface area contributed by atoms with Crippen molar-refractivity contribution in [1.82, 2.24) is 24.8 Å². The normalized spacial score (nSPS) is 10.9. The first-order chi connectivity index (χ1) is 8.25.